The topological polar surface area (TPSA) is 46.3 Å². The Balaban J connectivity index is 2.89. The first-order valence-corrected chi connectivity index (χ1v) is 4.62. The number of carbonyl (C=O) groups is 1. The van der Waals surface area contributed by atoms with Crippen LogP contribution in [0.3, 0.4) is 0 Å². The van der Waals surface area contributed by atoms with E-state index in [0.29, 0.717) is 0 Å². The van der Waals surface area contributed by atoms with E-state index >= 15 is 0 Å². The lowest BCUT2D eigenvalue weighted by Crippen LogP contribution is -2.39. The fourth-order valence-electron chi connectivity index (χ4n) is 1.27. The van der Waals surface area contributed by atoms with Crippen LogP contribution in [-0.2, 0) is 4.79 Å². The predicted molar refractivity (Wildman–Crippen MR) is 58.2 cm³/mol. The second kappa shape index (κ2) is 4.24. The third kappa shape index (κ3) is 2.33. The smallest absolute Gasteiger partial charge is 0.243 e. The number of likely N-dealkylation sites (N-methyl/N-ethyl adjacent to an activating group) is 1. The van der Waals surface area contributed by atoms with Crippen molar-refractivity contribution in [2.24, 2.45) is 5.73 Å². The van der Waals surface area contributed by atoms with Crippen LogP contribution in [0, 0.1) is 6.92 Å². The molecule has 0 saturated carbocycles. The number of anilines is 1. The number of aryl methyl sites for hydroxylation is 1. The molecule has 0 fully saturated rings. The average molecular weight is 192 g/mol. The molecule has 0 bridgehead atoms. The molecule has 1 aromatic carbocycles. The van der Waals surface area contributed by atoms with E-state index in [9.17, 15) is 4.79 Å². The number of nitrogens with zero attached hydrogens (tertiary/aromatic N) is 1. The maximum atomic E-state index is 11.6. The van der Waals surface area contributed by atoms with Gasteiger partial charge in [-0.2, -0.15) is 0 Å². The molecular formula is C11H16N2O. The van der Waals surface area contributed by atoms with Crippen LogP contribution in [-0.4, -0.2) is 19.0 Å². The summed E-state index contributed by atoms with van der Waals surface area (Å²) in [6, 6.07) is 7.32. The van der Waals surface area contributed by atoms with Gasteiger partial charge in [-0.25, -0.2) is 0 Å². The fraction of sp³-hybridized carbons (Fsp3) is 0.364. The Hall–Kier alpha value is -1.35. The van der Waals surface area contributed by atoms with Crippen molar-refractivity contribution in [3.05, 3.63) is 29.8 Å². The molecule has 1 unspecified atom stereocenters. The van der Waals surface area contributed by atoms with Gasteiger partial charge in [-0.15, -0.1) is 0 Å². The first-order chi connectivity index (χ1) is 6.52. The minimum absolute atomic E-state index is 0.0735. The van der Waals surface area contributed by atoms with Crippen molar-refractivity contribution in [1.29, 1.82) is 0 Å². The second-order valence-corrected chi connectivity index (χ2v) is 3.52. The zero-order chi connectivity index (χ0) is 10.7. The SMILES string of the molecule is Cc1cccc(N(C)C(=O)C(C)N)c1. The minimum atomic E-state index is -0.458. The molecule has 1 amide bonds. The van der Waals surface area contributed by atoms with Gasteiger partial charge in [0.05, 0.1) is 6.04 Å². The first-order valence-electron chi connectivity index (χ1n) is 4.62. The Morgan fingerprint density at radius 2 is 2.14 bits per heavy atom. The molecule has 2 N–H and O–H groups in total. The van der Waals surface area contributed by atoms with Gasteiger partial charge in [0.2, 0.25) is 5.91 Å². The van der Waals surface area contributed by atoms with E-state index in [1.54, 1.807) is 18.9 Å². The Labute approximate surface area is 84.5 Å². The Morgan fingerprint density at radius 3 is 2.64 bits per heavy atom. The third-order valence-corrected chi connectivity index (χ3v) is 2.11. The summed E-state index contributed by atoms with van der Waals surface area (Å²) in [5.41, 5.74) is 7.53. The molecular weight excluding hydrogens is 176 g/mol. The van der Waals surface area contributed by atoms with E-state index in [4.69, 9.17) is 5.73 Å². The normalized spacial score (nSPS) is 12.3. The number of hydrogen-bond donors (Lipinski definition) is 1. The van der Waals surface area contributed by atoms with E-state index in [0.717, 1.165) is 11.3 Å². The molecule has 1 rings (SSSR count). The molecule has 0 spiro atoms. The number of hydrogen-bond acceptors (Lipinski definition) is 2. The van der Waals surface area contributed by atoms with Gasteiger partial charge in [-0.3, -0.25) is 4.79 Å². The Bertz CT molecular complexity index is 334. The molecule has 0 radical (unpaired) electrons. The van der Waals surface area contributed by atoms with Crippen LogP contribution < -0.4 is 10.6 Å². The molecule has 0 aliphatic heterocycles. The van der Waals surface area contributed by atoms with E-state index < -0.39 is 6.04 Å². The van der Waals surface area contributed by atoms with Crippen LogP contribution in [0.4, 0.5) is 5.69 Å². The maximum absolute atomic E-state index is 11.6. The Morgan fingerprint density at radius 1 is 1.50 bits per heavy atom. The molecule has 1 aromatic rings. The van der Waals surface area contributed by atoms with Gasteiger partial charge in [-0.05, 0) is 31.5 Å². The molecule has 3 nitrogen and oxygen atoms in total. The monoisotopic (exact) mass is 192 g/mol. The van der Waals surface area contributed by atoms with Crippen LogP contribution in [0.1, 0.15) is 12.5 Å². The van der Waals surface area contributed by atoms with Gasteiger partial charge in [0.1, 0.15) is 0 Å². The maximum Gasteiger partial charge on any atom is 0.243 e. The highest BCUT2D eigenvalue weighted by Gasteiger charge is 2.14. The summed E-state index contributed by atoms with van der Waals surface area (Å²) in [5.74, 6) is -0.0735. The van der Waals surface area contributed by atoms with Crippen molar-refractivity contribution in [2.75, 3.05) is 11.9 Å². The molecule has 0 aromatic heterocycles. The van der Waals surface area contributed by atoms with E-state index in [-0.39, 0.29) is 5.91 Å². The second-order valence-electron chi connectivity index (χ2n) is 3.52. The predicted octanol–water partition coefficient (Wildman–Crippen LogP) is 1.31. The zero-order valence-electron chi connectivity index (χ0n) is 8.82. The number of amides is 1. The summed E-state index contributed by atoms with van der Waals surface area (Å²) in [4.78, 5) is 13.1. The Kier molecular flexibility index (Phi) is 3.25. The lowest BCUT2D eigenvalue weighted by atomic mass is 10.2. The highest BCUT2D eigenvalue weighted by Crippen LogP contribution is 2.14. The molecule has 0 saturated heterocycles. The van der Waals surface area contributed by atoms with Crippen LogP contribution in [0.2, 0.25) is 0 Å². The molecule has 0 aliphatic rings. The van der Waals surface area contributed by atoms with Crippen LogP contribution in [0.15, 0.2) is 24.3 Å². The quantitative estimate of drug-likeness (QED) is 0.767. The van der Waals surface area contributed by atoms with Gasteiger partial charge in [-0.1, -0.05) is 12.1 Å². The number of benzene rings is 1. The van der Waals surface area contributed by atoms with Gasteiger partial charge in [0.15, 0.2) is 0 Å². The van der Waals surface area contributed by atoms with Crippen molar-refractivity contribution in [3.63, 3.8) is 0 Å². The largest absolute Gasteiger partial charge is 0.320 e. The lowest BCUT2D eigenvalue weighted by Gasteiger charge is -2.19. The average Bonchev–Trinajstić information content (AvgIpc) is 2.15. The highest BCUT2D eigenvalue weighted by molar-refractivity contribution is 5.96. The summed E-state index contributed by atoms with van der Waals surface area (Å²) in [7, 11) is 1.74. The molecule has 76 valence electrons. The molecule has 14 heavy (non-hydrogen) atoms. The van der Waals surface area contributed by atoms with Crippen LogP contribution >= 0.6 is 0 Å². The fourth-order valence-corrected chi connectivity index (χ4v) is 1.27. The number of carbonyl (C=O) groups excluding carboxylic acids is 1. The van der Waals surface area contributed by atoms with Gasteiger partial charge < -0.3 is 10.6 Å². The standard InChI is InChI=1S/C11H16N2O/c1-8-5-4-6-10(7-8)13(3)11(14)9(2)12/h4-7,9H,12H2,1-3H3. The molecule has 0 heterocycles. The van der Waals surface area contributed by atoms with Crippen LogP contribution in [0.5, 0.6) is 0 Å². The molecule has 0 aliphatic carbocycles. The van der Waals surface area contributed by atoms with Crippen molar-refractivity contribution in [2.45, 2.75) is 19.9 Å². The highest BCUT2D eigenvalue weighted by atomic mass is 16.2. The van der Waals surface area contributed by atoms with Gasteiger partial charge in [0, 0.05) is 12.7 Å². The lowest BCUT2D eigenvalue weighted by molar-refractivity contribution is -0.119. The van der Waals surface area contributed by atoms with Crippen molar-refractivity contribution >= 4 is 11.6 Å². The van der Waals surface area contributed by atoms with Crippen molar-refractivity contribution in [3.8, 4) is 0 Å². The summed E-state index contributed by atoms with van der Waals surface area (Å²) in [5, 5.41) is 0. The number of nitrogens with two attached hydrogens (primary N) is 1. The van der Waals surface area contributed by atoms with Gasteiger partial charge >= 0.3 is 0 Å². The van der Waals surface area contributed by atoms with E-state index in [2.05, 4.69) is 0 Å². The number of rotatable bonds is 2. The zero-order valence-corrected chi connectivity index (χ0v) is 8.82. The summed E-state index contributed by atoms with van der Waals surface area (Å²) < 4.78 is 0. The van der Waals surface area contributed by atoms with Crippen molar-refractivity contribution in [1.82, 2.24) is 0 Å². The molecule has 3 heteroatoms. The first kappa shape index (κ1) is 10.7. The van der Waals surface area contributed by atoms with Crippen LogP contribution in [0.25, 0.3) is 0 Å². The third-order valence-electron chi connectivity index (χ3n) is 2.11. The van der Waals surface area contributed by atoms with Crippen molar-refractivity contribution < 1.29 is 4.79 Å². The summed E-state index contributed by atoms with van der Waals surface area (Å²) in [6.45, 7) is 3.68. The minimum Gasteiger partial charge on any atom is -0.320 e. The summed E-state index contributed by atoms with van der Waals surface area (Å²) >= 11 is 0. The van der Waals surface area contributed by atoms with Gasteiger partial charge in [0.25, 0.3) is 0 Å². The molecule has 1 atom stereocenters. The summed E-state index contributed by atoms with van der Waals surface area (Å²) in [6.07, 6.45) is 0. The van der Waals surface area contributed by atoms with E-state index in [1.807, 2.05) is 31.2 Å². The van der Waals surface area contributed by atoms with E-state index in [1.165, 1.54) is 0 Å².